The smallest absolute Gasteiger partial charge is 0.242 e. The number of anilines is 2. The molecule has 0 bridgehead atoms. The van der Waals surface area contributed by atoms with Crippen molar-refractivity contribution in [3.63, 3.8) is 0 Å². The first kappa shape index (κ1) is 23.1. The molecular weight excluding hydrogens is 467 g/mol. The van der Waals surface area contributed by atoms with Gasteiger partial charge in [-0.15, -0.1) is 11.6 Å². The molecule has 35 heavy (non-hydrogen) atoms. The molecule has 178 valence electrons. The minimum atomic E-state index is -0.799. The lowest BCUT2D eigenvalue weighted by Gasteiger charge is -2.35. The number of halogens is 2. The number of ketones is 1. The molecule has 5 rings (SSSR count). The highest BCUT2D eigenvalue weighted by Crippen LogP contribution is 2.47. The highest BCUT2D eigenvalue weighted by atomic mass is 35.5. The minimum Gasteiger partial charge on any atom is -0.497 e. The van der Waals surface area contributed by atoms with Crippen LogP contribution < -0.4 is 15.0 Å². The molecule has 1 N–H and O–H groups in total. The van der Waals surface area contributed by atoms with Crippen molar-refractivity contribution >= 4 is 34.7 Å². The van der Waals surface area contributed by atoms with Crippen LogP contribution in [0.5, 0.6) is 5.75 Å². The Morgan fingerprint density at radius 2 is 1.83 bits per heavy atom. The van der Waals surface area contributed by atoms with E-state index in [0.29, 0.717) is 28.9 Å². The van der Waals surface area contributed by atoms with Crippen molar-refractivity contribution in [2.24, 2.45) is 0 Å². The summed E-state index contributed by atoms with van der Waals surface area (Å²) in [5.74, 6) is -0.462. The van der Waals surface area contributed by atoms with E-state index >= 15 is 0 Å². The molecule has 0 fully saturated rings. The number of rotatable bonds is 4. The van der Waals surface area contributed by atoms with E-state index in [1.54, 1.807) is 19.2 Å². The first-order valence-electron chi connectivity index (χ1n) is 11.4. The topological polar surface area (TPSA) is 58.6 Å². The predicted molar refractivity (Wildman–Crippen MR) is 134 cm³/mol. The molecule has 3 aromatic rings. The van der Waals surface area contributed by atoms with Crippen molar-refractivity contribution in [1.82, 2.24) is 0 Å². The second kappa shape index (κ2) is 9.55. The van der Waals surface area contributed by atoms with Crippen molar-refractivity contribution in [1.29, 1.82) is 0 Å². The fourth-order valence-electron chi connectivity index (χ4n) is 5.03. The number of carbonyl (C=O) groups is 2. The van der Waals surface area contributed by atoms with Gasteiger partial charge in [0.2, 0.25) is 5.91 Å². The highest BCUT2D eigenvalue weighted by molar-refractivity contribution is 6.30. The van der Waals surface area contributed by atoms with Crippen LogP contribution in [0.2, 0.25) is 0 Å². The maximum Gasteiger partial charge on any atom is 0.242 e. The number of allylic oxidation sites excluding steroid dienone is 1. The van der Waals surface area contributed by atoms with Gasteiger partial charge in [0.1, 0.15) is 17.4 Å². The Bertz CT molecular complexity index is 1320. The standard InChI is InChI=1S/C28H24ClFN2O3/c1-35-21-11-9-17(10-12-21)19-14-23-27(25(33)15-19)28(18-5-4-6-20(30)13-18)32(26(34)16-29)24-8-3-2-7-22(24)31-23/h2-13,19,28,31H,14-16H2,1H3/t19-,28-/m1/s1. The number of benzene rings is 3. The lowest BCUT2D eigenvalue weighted by atomic mass is 9.78. The Morgan fingerprint density at radius 3 is 2.54 bits per heavy atom. The quantitative estimate of drug-likeness (QED) is 0.457. The number of hydrogen-bond acceptors (Lipinski definition) is 4. The predicted octanol–water partition coefficient (Wildman–Crippen LogP) is 5.97. The second-order valence-corrected chi connectivity index (χ2v) is 8.96. The second-order valence-electron chi connectivity index (χ2n) is 8.69. The monoisotopic (exact) mass is 490 g/mol. The zero-order chi connectivity index (χ0) is 24.5. The lowest BCUT2D eigenvalue weighted by molar-refractivity contribution is -0.117. The first-order valence-corrected chi connectivity index (χ1v) is 11.9. The molecular formula is C28H24ClFN2O3. The number of alkyl halides is 1. The minimum absolute atomic E-state index is 0.0461. The van der Waals surface area contributed by atoms with E-state index in [4.69, 9.17) is 16.3 Å². The Hall–Kier alpha value is -3.64. The Kier molecular flexibility index (Phi) is 6.31. The first-order chi connectivity index (χ1) is 17.0. The maximum absolute atomic E-state index is 14.3. The van der Waals surface area contributed by atoms with Gasteiger partial charge in [0.05, 0.1) is 24.5 Å². The van der Waals surface area contributed by atoms with Gasteiger partial charge in [-0.2, -0.15) is 0 Å². The molecule has 7 heteroatoms. The number of nitrogens with one attached hydrogen (secondary N) is 1. The lowest BCUT2D eigenvalue weighted by Crippen LogP contribution is -2.39. The van der Waals surface area contributed by atoms with Crippen LogP contribution in [0.25, 0.3) is 0 Å². The number of para-hydroxylation sites is 2. The van der Waals surface area contributed by atoms with Crippen molar-refractivity contribution in [2.75, 3.05) is 23.2 Å². The molecule has 1 aliphatic heterocycles. The van der Waals surface area contributed by atoms with Crippen molar-refractivity contribution in [3.8, 4) is 5.75 Å². The summed E-state index contributed by atoms with van der Waals surface area (Å²) >= 11 is 6.03. The average Bonchev–Trinajstić information content (AvgIpc) is 3.03. The zero-order valence-electron chi connectivity index (χ0n) is 19.1. The van der Waals surface area contributed by atoms with Gasteiger partial charge in [-0.3, -0.25) is 14.5 Å². The van der Waals surface area contributed by atoms with Gasteiger partial charge in [0.15, 0.2) is 5.78 Å². The van der Waals surface area contributed by atoms with Gasteiger partial charge in [0, 0.05) is 17.7 Å². The SMILES string of the molecule is COc1ccc([C@H]2CC(=O)C3=C(C2)Nc2ccccc2N(C(=O)CCl)[C@@H]3c2cccc(F)c2)cc1. The molecule has 0 radical (unpaired) electrons. The summed E-state index contributed by atoms with van der Waals surface area (Å²) in [6, 6.07) is 20.3. The number of Topliss-reactive ketones (excluding diaryl/α,β-unsaturated/α-hetero) is 1. The molecule has 0 saturated carbocycles. The van der Waals surface area contributed by atoms with Crippen LogP contribution in [-0.2, 0) is 9.59 Å². The van der Waals surface area contributed by atoms with E-state index in [1.807, 2.05) is 48.5 Å². The van der Waals surface area contributed by atoms with Crippen LogP contribution in [0, 0.1) is 5.82 Å². The number of ether oxygens (including phenoxy) is 1. The molecule has 0 unspecified atom stereocenters. The third-order valence-corrected chi connectivity index (χ3v) is 6.85. The summed E-state index contributed by atoms with van der Waals surface area (Å²) < 4.78 is 19.6. The van der Waals surface area contributed by atoms with E-state index in [2.05, 4.69) is 5.32 Å². The molecule has 1 aliphatic carbocycles. The van der Waals surface area contributed by atoms with Gasteiger partial charge in [-0.1, -0.05) is 36.4 Å². The number of fused-ring (bicyclic) bond motifs is 1. The van der Waals surface area contributed by atoms with Gasteiger partial charge in [-0.05, 0) is 59.9 Å². The van der Waals surface area contributed by atoms with E-state index in [-0.39, 0.29) is 29.9 Å². The van der Waals surface area contributed by atoms with Gasteiger partial charge < -0.3 is 10.1 Å². The molecule has 5 nitrogen and oxygen atoms in total. The van der Waals surface area contributed by atoms with Crippen molar-refractivity contribution < 1.29 is 18.7 Å². The van der Waals surface area contributed by atoms with Crippen molar-refractivity contribution in [3.05, 3.63) is 101 Å². The van der Waals surface area contributed by atoms with Crippen LogP contribution >= 0.6 is 11.6 Å². The summed E-state index contributed by atoms with van der Waals surface area (Å²) in [7, 11) is 1.61. The summed E-state index contributed by atoms with van der Waals surface area (Å²) in [4.78, 5) is 28.5. The van der Waals surface area contributed by atoms with Crippen LogP contribution in [0.4, 0.5) is 15.8 Å². The molecule has 0 saturated heterocycles. The molecule has 1 heterocycles. The van der Waals surface area contributed by atoms with Crippen LogP contribution in [0.3, 0.4) is 0 Å². The summed E-state index contributed by atoms with van der Waals surface area (Å²) in [5.41, 5.74) is 4.03. The van der Waals surface area contributed by atoms with Gasteiger partial charge >= 0.3 is 0 Å². The molecule has 1 amide bonds. The van der Waals surface area contributed by atoms with E-state index < -0.39 is 11.9 Å². The zero-order valence-corrected chi connectivity index (χ0v) is 19.9. The largest absolute Gasteiger partial charge is 0.497 e. The number of methoxy groups -OCH3 is 1. The van der Waals surface area contributed by atoms with Crippen molar-refractivity contribution in [2.45, 2.75) is 24.8 Å². The molecule has 2 aliphatic rings. The van der Waals surface area contributed by atoms with Gasteiger partial charge in [0.25, 0.3) is 0 Å². The van der Waals surface area contributed by atoms with E-state index in [9.17, 15) is 14.0 Å². The summed E-state index contributed by atoms with van der Waals surface area (Å²) in [5, 5.41) is 3.44. The Morgan fingerprint density at radius 1 is 1.06 bits per heavy atom. The van der Waals surface area contributed by atoms with Gasteiger partial charge in [-0.25, -0.2) is 4.39 Å². The number of amides is 1. The van der Waals surface area contributed by atoms with Crippen LogP contribution in [0.1, 0.15) is 35.9 Å². The van der Waals surface area contributed by atoms with Crippen LogP contribution in [-0.4, -0.2) is 24.7 Å². The van der Waals surface area contributed by atoms with E-state index in [0.717, 1.165) is 17.0 Å². The fraction of sp³-hybridized carbons (Fsp3) is 0.214. The average molecular weight is 491 g/mol. The maximum atomic E-state index is 14.3. The molecule has 2 atom stereocenters. The Labute approximate surface area is 208 Å². The molecule has 3 aromatic carbocycles. The number of carbonyl (C=O) groups excluding carboxylic acids is 2. The molecule has 0 spiro atoms. The number of nitrogens with zero attached hydrogens (tertiary/aromatic N) is 1. The summed E-state index contributed by atoms with van der Waals surface area (Å²) in [6.07, 6.45) is 0.842. The highest BCUT2D eigenvalue weighted by Gasteiger charge is 2.41. The van der Waals surface area contributed by atoms with E-state index in [1.165, 1.54) is 17.0 Å². The third kappa shape index (κ3) is 4.30. The summed E-state index contributed by atoms with van der Waals surface area (Å²) in [6.45, 7) is 0. The number of hydrogen-bond donors (Lipinski definition) is 1. The normalized spacial score (nSPS) is 19.4. The fourth-order valence-corrected chi connectivity index (χ4v) is 5.16. The molecule has 0 aromatic heterocycles. The Balaban J connectivity index is 1.68. The third-order valence-electron chi connectivity index (χ3n) is 6.62. The van der Waals surface area contributed by atoms with Crippen LogP contribution in [0.15, 0.2) is 84.1 Å².